The van der Waals surface area contributed by atoms with Crippen LogP contribution in [0.3, 0.4) is 0 Å². The van der Waals surface area contributed by atoms with Crippen LogP contribution in [0.25, 0.3) is 0 Å². The SMILES string of the molecule is O=C(NC1CCN(Cc2ccc(C(F)(F)F)cc2)CC1)c1cccc([N+](=O)[O-])c1. The zero-order chi connectivity index (χ0) is 21.0. The minimum absolute atomic E-state index is 0.0504. The number of carbonyl (C=O) groups excluding carboxylic acids is 1. The lowest BCUT2D eigenvalue weighted by atomic mass is 10.0. The fourth-order valence-corrected chi connectivity index (χ4v) is 3.32. The summed E-state index contributed by atoms with van der Waals surface area (Å²) in [5.41, 5.74) is 0.247. The number of nitro benzene ring substituents is 1. The van der Waals surface area contributed by atoms with Crippen molar-refractivity contribution in [1.29, 1.82) is 0 Å². The first-order valence-corrected chi connectivity index (χ1v) is 9.16. The molecule has 0 unspecified atom stereocenters. The third-order valence-corrected chi connectivity index (χ3v) is 4.93. The van der Waals surface area contributed by atoms with Crippen molar-refractivity contribution >= 4 is 11.6 Å². The molecule has 0 atom stereocenters. The summed E-state index contributed by atoms with van der Waals surface area (Å²) >= 11 is 0. The molecule has 1 aliphatic rings. The van der Waals surface area contributed by atoms with Crippen LogP contribution in [0.2, 0.25) is 0 Å². The van der Waals surface area contributed by atoms with Gasteiger partial charge in [0.05, 0.1) is 10.5 Å². The number of non-ortho nitro benzene ring substituents is 1. The van der Waals surface area contributed by atoms with Crippen molar-refractivity contribution in [2.45, 2.75) is 31.6 Å². The molecule has 1 fully saturated rings. The number of likely N-dealkylation sites (tertiary alicyclic amines) is 1. The smallest absolute Gasteiger partial charge is 0.349 e. The molecule has 0 bridgehead atoms. The van der Waals surface area contributed by atoms with Gasteiger partial charge in [0.25, 0.3) is 11.6 Å². The van der Waals surface area contributed by atoms with Gasteiger partial charge in [0.2, 0.25) is 0 Å². The molecule has 0 spiro atoms. The predicted molar refractivity (Wildman–Crippen MR) is 100 cm³/mol. The monoisotopic (exact) mass is 407 g/mol. The first-order valence-electron chi connectivity index (χ1n) is 9.16. The lowest BCUT2D eigenvalue weighted by molar-refractivity contribution is -0.384. The second-order valence-electron chi connectivity index (χ2n) is 7.03. The van der Waals surface area contributed by atoms with Gasteiger partial charge in [-0.3, -0.25) is 19.8 Å². The van der Waals surface area contributed by atoms with Gasteiger partial charge in [0.15, 0.2) is 0 Å². The highest BCUT2D eigenvalue weighted by molar-refractivity contribution is 5.95. The van der Waals surface area contributed by atoms with Crippen LogP contribution in [-0.4, -0.2) is 34.9 Å². The van der Waals surface area contributed by atoms with Crippen molar-refractivity contribution in [1.82, 2.24) is 10.2 Å². The molecule has 0 aromatic heterocycles. The number of halogens is 3. The topological polar surface area (TPSA) is 75.5 Å². The van der Waals surface area contributed by atoms with E-state index in [1.54, 1.807) is 0 Å². The number of nitro groups is 1. The molecule has 2 aromatic rings. The van der Waals surface area contributed by atoms with E-state index in [1.165, 1.54) is 36.4 Å². The molecule has 1 aliphatic heterocycles. The number of amides is 1. The quantitative estimate of drug-likeness (QED) is 0.600. The summed E-state index contributed by atoms with van der Waals surface area (Å²) < 4.78 is 37.9. The lowest BCUT2D eigenvalue weighted by Crippen LogP contribution is -2.44. The highest BCUT2D eigenvalue weighted by atomic mass is 19.4. The number of hydrogen-bond donors (Lipinski definition) is 1. The maximum absolute atomic E-state index is 12.6. The summed E-state index contributed by atoms with van der Waals surface area (Å²) in [4.78, 5) is 24.7. The van der Waals surface area contributed by atoms with Crippen LogP contribution in [0.5, 0.6) is 0 Å². The van der Waals surface area contributed by atoms with Crippen molar-refractivity contribution in [3.05, 3.63) is 75.3 Å². The number of nitrogens with one attached hydrogen (secondary N) is 1. The molecule has 1 N–H and O–H groups in total. The number of hydrogen-bond acceptors (Lipinski definition) is 4. The Kier molecular flexibility index (Phi) is 6.17. The molecular formula is C20H20F3N3O3. The highest BCUT2D eigenvalue weighted by Crippen LogP contribution is 2.29. The minimum atomic E-state index is -4.34. The van der Waals surface area contributed by atoms with Gasteiger partial charge in [-0.2, -0.15) is 13.2 Å². The van der Waals surface area contributed by atoms with Crippen LogP contribution in [0.4, 0.5) is 18.9 Å². The van der Waals surface area contributed by atoms with Crippen LogP contribution in [0, 0.1) is 10.1 Å². The minimum Gasteiger partial charge on any atom is -0.349 e. The zero-order valence-corrected chi connectivity index (χ0v) is 15.5. The molecular weight excluding hydrogens is 387 g/mol. The number of benzene rings is 2. The second kappa shape index (κ2) is 8.60. The van der Waals surface area contributed by atoms with Gasteiger partial charge in [-0.15, -0.1) is 0 Å². The Labute approximate surface area is 165 Å². The van der Waals surface area contributed by atoms with Crippen LogP contribution < -0.4 is 5.32 Å². The van der Waals surface area contributed by atoms with Crippen LogP contribution >= 0.6 is 0 Å². The largest absolute Gasteiger partial charge is 0.416 e. The molecule has 0 saturated carbocycles. The van der Waals surface area contributed by atoms with E-state index in [4.69, 9.17) is 0 Å². The fourth-order valence-electron chi connectivity index (χ4n) is 3.32. The zero-order valence-electron chi connectivity index (χ0n) is 15.5. The number of piperidine rings is 1. The van der Waals surface area contributed by atoms with Crippen LogP contribution in [-0.2, 0) is 12.7 Å². The summed E-state index contributed by atoms with van der Waals surface area (Å²) in [7, 11) is 0. The summed E-state index contributed by atoms with van der Waals surface area (Å²) in [6, 6.07) is 10.7. The lowest BCUT2D eigenvalue weighted by Gasteiger charge is -2.32. The number of alkyl halides is 3. The Morgan fingerprint density at radius 1 is 1.14 bits per heavy atom. The van der Waals surface area contributed by atoms with Crippen molar-refractivity contribution in [3.63, 3.8) is 0 Å². The van der Waals surface area contributed by atoms with E-state index < -0.39 is 16.7 Å². The van der Waals surface area contributed by atoms with Crippen molar-refractivity contribution < 1.29 is 22.9 Å². The van der Waals surface area contributed by atoms with E-state index in [1.807, 2.05) is 0 Å². The van der Waals surface area contributed by atoms with Gasteiger partial charge >= 0.3 is 6.18 Å². The van der Waals surface area contributed by atoms with Crippen LogP contribution in [0.15, 0.2) is 48.5 Å². The molecule has 1 heterocycles. The van der Waals surface area contributed by atoms with E-state index in [-0.39, 0.29) is 23.2 Å². The Morgan fingerprint density at radius 2 is 1.79 bits per heavy atom. The maximum Gasteiger partial charge on any atom is 0.416 e. The molecule has 1 amide bonds. The molecule has 9 heteroatoms. The number of carbonyl (C=O) groups is 1. The molecule has 0 aliphatic carbocycles. The molecule has 6 nitrogen and oxygen atoms in total. The van der Waals surface area contributed by atoms with E-state index >= 15 is 0 Å². The molecule has 0 radical (unpaired) electrons. The number of nitrogens with zero attached hydrogens (tertiary/aromatic N) is 2. The average Bonchev–Trinajstić information content (AvgIpc) is 2.69. The van der Waals surface area contributed by atoms with Crippen LogP contribution in [0.1, 0.15) is 34.3 Å². The van der Waals surface area contributed by atoms with E-state index in [2.05, 4.69) is 10.2 Å². The van der Waals surface area contributed by atoms with Gasteiger partial charge in [-0.25, -0.2) is 0 Å². The third-order valence-electron chi connectivity index (χ3n) is 4.93. The van der Waals surface area contributed by atoms with Gasteiger partial charge in [0.1, 0.15) is 0 Å². The predicted octanol–water partition coefficient (Wildman–Crippen LogP) is 4.01. The van der Waals surface area contributed by atoms with Crippen molar-refractivity contribution in [2.24, 2.45) is 0 Å². The normalized spacial score (nSPS) is 15.8. The average molecular weight is 407 g/mol. The maximum atomic E-state index is 12.6. The first-order chi connectivity index (χ1) is 13.7. The summed E-state index contributed by atoms with van der Waals surface area (Å²) in [5, 5.41) is 13.7. The van der Waals surface area contributed by atoms with E-state index in [0.29, 0.717) is 32.5 Å². The fraction of sp³-hybridized carbons (Fsp3) is 0.350. The van der Waals surface area contributed by atoms with Crippen molar-refractivity contribution in [3.8, 4) is 0 Å². The standard InChI is InChI=1S/C20H20F3N3O3/c21-20(22,23)16-6-4-14(5-7-16)13-25-10-8-17(9-11-25)24-19(27)15-2-1-3-18(12-15)26(28)29/h1-7,12,17H,8-11,13H2,(H,24,27). The summed E-state index contributed by atoms with van der Waals surface area (Å²) in [5.74, 6) is -0.352. The van der Waals surface area contributed by atoms with Crippen molar-refractivity contribution in [2.75, 3.05) is 13.1 Å². The number of rotatable bonds is 5. The van der Waals surface area contributed by atoms with Gasteiger partial charge < -0.3 is 5.32 Å². The first kappa shape index (κ1) is 20.8. The Balaban J connectivity index is 1.50. The van der Waals surface area contributed by atoms with Gasteiger partial charge in [-0.1, -0.05) is 18.2 Å². The molecule has 29 heavy (non-hydrogen) atoms. The third kappa shape index (κ3) is 5.54. The molecule has 2 aromatic carbocycles. The Morgan fingerprint density at radius 3 is 2.38 bits per heavy atom. The Hall–Kier alpha value is -2.94. The molecule has 3 rings (SSSR count). The summed E-state index contributed by atoms with van der Waals surface area (Å²) in [6.07, 6.45) is -2.95. The van der Waals surface area contributed by atoms with Gasteiger partial charge in [0, 0.05) is 43.4 Å². The second-order valence-corrected chi connectivity index (χ2v) is 7.03. The summed E-state index contributed by atoms with van der Waals surface area (Å²) in [6.45, 7) is 1.94. The van der Waals surface area contributed by atoms with Gasteiger partial charge in [-0.05, 0) is 36.6 Å². The van der Waals surface area contributed by atoms with E-state index in [0.717, 1.165) is 17.7 Å². The highest BCUT2D eigenvalue weighted by Gasteiger charge is 2.30. The van der Waals surface area contributed by atoms with E-state index in [9.17, 15) is 28.1 Å². The Bertz CT molecular complexity index is 877. The molecule has 154 valence electrons. The molecule has 1 saturated heterocycles.